The fraction of sp³-hybridized carbons (Fsp3) is 0.462. The summed E-state index contributed by atoms with van der Waals surface area (Å²) in [4.78, 5) is 11.9. The van der Waals surface area contributed by atoms with Crippen LogP contribution in [0.2, 0.25) is 0 Å². The van der Waals surface area contributed by atoms with Crippen LogP contribution in [0, 0.1) is 0 Å². The number of phenolic OH excluding ortho intramolecular Hbond substituents is 2. The van der Waals surface area contributed by atoms with Crippen LogP contribution in [-0.4, -0.2) is 22.3 Å². The molecule has 0 saturated heterocycles. The summed E-state index contributed by atoms with van der Waals surface area (Å²) in [6.45, 7) is 5.55. The summed E-state index contributed by atoms with van der Waals surface area (Å²) in [7, 11) is 0. The summed E-state index contributed by atoms with van der Waals surface area (Å²) >= 11 is 0. The van der Waals surface area contributed by atoms with E-state index in [1.807, 2.05) is 13.8 Å². The second-order valence-corrected chi connectivity index (χ2v) is 3.98. The highest BCUT2D eigenvalue weighted by Crippen LogP contribution is 2.28. The maximum atomic E-state index is 11.9. The smallest absolute Gasteiger partial charge is 0.342 e. The van der Waals surface area contributed by atoms with E-state index in [4.69, 9.17) is 4.74 Å². The number of hydrogen-bond donors (Lipinski definition) is 2. The van der Waals surface area contributed by atoms with E-state index >= 15 is 0 Å². The Labute approximate surface area is 101 Å². The predicted octanol–water partition coefficient (Wildman–Crippen LogP) is 2.62. The van der Waals surface area contributed by atoms with E-state index in [-0.39, 0.29) is 23.2 Å². The van der Waals surface area contributed by atoms with Gasteiger partial charge < -0.3 is 14.9 Å². The zero-order valence-corrected chi connectivity index (χ0v) is 10.4. The first-order valence-electron chi connectivity index (χ1n) is 5.75. The minimum Gasteiger partial charge on any atom is -0.508 e. The highest BCUT2D eigenvalue weighted by Gasteiger charge is 2.19. The minimum absolute atomic E-state index is 0.0561. The van der Waals surface area contributed by atoms with E-state index in [1.165, 1.54) is 6.07 Å². The Balaban J connectivity index is 3.08. The summed E-state index contributed by atoms with van der Waals surface area (Å²) in [6.07, 6.45) is 1.05. The molecule has 1 aromatic rings. The van der Waals surface area contributed by atoms with Gasteiger partial charge in [0.05, 0.1) is 6.10 Å². The summed E-state index contributed by atoms with van der Waals surface area (Å²) in [6, 6.07) is 2.61. The highest BCUT2D eigenvalue weighted by molar-refractivity contribution is 5.94. The standard InChI is InChI=1S/C13H18O4/c1-4-8(3)17-13(16)12-9(5-2)6-10(14)7-11(12)15/h6-8,14-15H,4-5H2,1-3H3. The number of benzene rings is 1. The van der Waals surface area contributed by atoms with Gasteiger partial charge in [-0.25, -0.2) is 4.79 Å². The van der Waals surface area contributed by atoms with Gasteiger partial charge >= 0.3 is 5.97 Å². The molecule has 2 N–H and O–H groups in total. The number of esters is 1. The molecule has 0 bridgehead atoms. The van der Waals surface area contributed by atoms with Crippen molar-refractivity contribution in [2.24, 2.45) is 0 Å². The second-order valence-electron chi connectivity index (χ2n) is 3.98. The van der Waals surface area contributed by atoms with E-state index in [0.29, 0.717) is 18.4 Å². The molecule has 0 spiro atoms. The molecule has 0 aromatic heterocycles. The number of rotatable bonds is 4. The molecule has 1 unspecified atom stereocenters. The summed E-state index contributed by atoms with van der Waals surface area (Å²) < 4.78 is 5.17. The molecule has 17 heavy (non-hydrogen) atoms. The Morgan fingerprint density at radius 3 is 2.53 bits per heavy atom. The molecule has 0 aliphatic carbocycles. The molecular formula is C13H18O4. The van der Waals surface area contributed by atoms with Crippen molar-refractivity contribution in [1.82, 2.24) is 0 Å². The number of phenols is 2. The monoisotopic (exact) mass is 238 g/mol. The van der Waals surface area contributed by atoms with Crippen LogP contribution in [0.15, 0.2) is 12.1 Å². The number of hydrogen-bond acceptors (Lipinski definition) is 4. The second kappa shape index (κ2) is 5.57. The molecule has 0 heterocycles. The summed E-state index contributed by atoms with van der Waals surface area (Å²) in [5, 5.41) is 19.0. The number of aromatic hydroxyl groups is 2. The van der Waals surface area contributed by atoms with Crippen LogP contribution < -0.4 is 0 Å². The van der Waals surface area contributed by atoms with E-state index in [0.717, 1.165) is 6.07 Å². The lowest BCUT2D eigenvalue weighted by Crippen LogP contribution is -2.15. The molecular weight excluding hydrogens is 220 g/mol. The summed E-state index contributed by atoms with van der Waals surface area (Å²) in [5.41, 5.74) is 0.724. The lowest BCUT2D eigenvalue weighted by atomic mass is 10.0. The molecule has 0 fully saturated rings. The van der Waals surface area contributed by atoms with E-state index in [1.54, 1.807) is 6.92 Å². The number of ether oxygens (including phenoxy) is 1. The van der Waals surface area contributed by atoms with Gasteiger partial charge in [0, 0.05) is 6.07 Å². The normalized spacial score (nSPS) is 12.2. The first-order valence-corrected chi connectivity index (χ1v) is 5.75. The third kappa shape index (κ3) is 3.12. The molecule has 0 aliphatic heterocycles. The predicted molar refractivity (Wildman–Crippen MR) is 64.3 cm³/mol. The highest BCUT2D eigenvalue weighted by atomic mass is 16.5. The zero-order valence-electron chi connectivity index (χ0n) is 10.4. The Morgan fingerprint density at radius 2 is 2.00 bits per heavy atom. The van der Waals surface area contributed by atoms with Crippen LogP contribution in [0.4, 0.5) is 0 Å². The quantitative estimate of drug-likeness (QED) is 0.791. The third-order valence-electron chi connectivity index (χ3n) is 2.65. The number of carbonyl (C=O) groups is 1. The lowest BCUT2D eigenvalue weighted by molar-refractivity contribution is 0.0330. The number of aryl methyl sites for hydroxylation is 1. The van der Waals surface area contributed by atoms with Crippen molar-refractivity contribution in [3.05, 3.63) is 23.3 Å². The Kier molecular flexibility index (Phi) is 4.37. The number of carbonyl (C=O) groups excluding carboxylic acids is 1. The molecule has 1 aromatic carbocycles. The first-order chi connectivity index (χ1) is 7.99. The minimum atomic E-state index is -0.547. The van der Waals surface area contributed by atoms with Crippen molar-refractivity contribution in [2.75, 3.05) is 0 Å². The van der Waals surface area contributed by atoms with Gasteiger partial charge in [0.15, 0.2) is 0 Å². The molecule has 0 saturated carbocycles. The van der Waals surface area contributed by atoms with Crippen LogP contribution in [-0.2, 0) is 11.2 Å². The van der Waals surface area contributed by atoms with Gasteiger partial charge in [-0.15, -0.1) is 0 Å². The van der Waals surface area contributed by atoms with E-state index < -0.39 is 5.97 Å². The van der Waals surface area contributed by atoms with Gasteiger partial charge in [-0.3, -0.25) is 0 Å². The van der Waals surface area contributed by atoms with E-state index in [9.17, 15) is 15.0 Å². The average Bonchev–Trinajstić information content (AvgIpc) is 2.27. The van der Waals surface area contributed by atoms with E-state index in [2.05, 4.69) is 0 Å². The van der Waals surface area contributed by atoms with Crippen molar-refractivity contribution in [2.45, 2.75) is 39.7 Å². The molecule has 4 heteroatoms. The zero-order chi connectivity index (χ0) is 13.0. The maximum absolute atomic E-state index is 11.9. The van der Waals surface area contributed by atoms with Gasteiger partial charge in [0.25, 0.3) is 0 Å². The van der Waals surface area contributed by atoms with Gasteiger partial charge in [-0.1, -0.05) is 13.8 Å². The Hall–Kier alpha value is -1.71. The Bertz CT molecular complexity index is 412. The molecule has 0 radical (unpaired) electrons. The third-order valence-corrected chi connectivity index (χ3v) is 2.65. The SMILES string of the molecule is CCc1cc(O)cc(O)c1C(=O)OC(C)CC. The first kappa shape index (κ1) is 13.4. The molecule has 0 amide bonds. The average molecular weight is 238 g/mol. The fourth-order valence-corrected chi connectivity index (χ4v) is 1.51. The van der Waals surface area contributed by atoms with Gasteiger partial charge in [0.2, 0.25) is 0 Å². The van der Waals surface area contributed by atoms with Crippen LogP contribution in [0.1, 0.15) is 43.1 Å². The van der Waals surface area contributed by atoms with Crippen molar-refractivity contribution < 1.29 is 19.7 Å². The van der Waals surface area contributed by atoms with Gasteiger partial charge in [-0.05, 0) is 31.4 Å². The van der Waals surface area contributed by atoms with Crippen LogP contribution in [0.5, 0.6) is 11.5 Å². The van der Waals surface area contributed by atoms with Gasteiger partial charge in [0.1, 0.15) is 17.1 Å². The molecule has 94 valence electrons. The molecule has 1 rings (SSSR count). The molecule has 1 atom stereocenters. The lowest BCUT2D eigenvalue weighted by Gasteiger charge is -2.14. The molecule has 4 nitrogen and oxygen atoms in total. The van der Waals surface area contributed by atoms with Crippen LogP contribution >= 0.6 is 0 Å². The molecule has 0 aliphatic rings. The maximum Gasteiger partial charge on any atom is 0.342 e. The van der Waals surface area contributed by atoms with Crippen molar-refractivity contribution >= 4 is 5.97 Å². The van der Waals surface area contributed by atoms with Crippen LogP contribution in [0.3, 0.4) is 0 Å². The van der Waals surface area contributed by atoms with Crippen molar-refractivity contribution in [3.63, 3.8) is 0 Å². The van der Waals surface area contributed by atoms with Crippen molar-refractivity contribution in [3.8, 4) is 11.5 Å². The van der Waals surface area contributed by atoms with Crippen molar-refractivity contribution in [1.29, 1.82) is 0 Å². The van der Waals surface area contributed by atoms with Gasteiger partial charge in [-0.2, -0.15) is 0 Å². The summed E-state index contributed by atoms with van der Waals surface area (Å²) in [5.74, 6) is -0.844. The van der Waals surface area contributed by atoms with Crippen LogP contribution in [0.25, 0.3) is 0 Å². The Morgan fingerprint density at radius 1 is 1.35 bits per heavy atom. The largest absolute Gasteiger partial charge is 0.508 e. The fourth-order valence-electron chi connectivity index (χ4n) is 1.51. The topological polar surface area (TPSA) is 66.8 Å².